The highest BCUT2D eigenvalue weighted by atomic mass is 35.5. The van der Waals surface area contributed by atoms with Gasteiger partial charge in [0.1, 0.15) is 4.90 Å². The maximum Gasteiger partial charge on any atom is 0.416 e. The first-order chi connectivity index (χ1) is 14.4. The highest BCUT2D eigenvalue weighted by molar-refractivity contribution is 7.89. The van der Waals surface area contributed by atoms with E-state index in [1.54, 1.807) is 12.3 Å². The minimum atomic E-state index is -4.71. The Morgan fingerprint density at radius 1 is 1.19 bits per heavy atom. The lowest BCUT2D eigenvalue weighted by atomic mass is 10.2. The average Bonchev–Trinajstić information content (AvgIpc) is 3.03. The molecule has 1 aromatic heterocycles. The number of thiazole rings is 1. The topological polar surface area (TPSA) is 79.7 Å². The zero-order chi connectivity index (χ0) is 23.0. The van der Waals surface area contributed by atoms with E-state index in [4.69, 9.17) is 11.6 Å². The van der Waals surface area contributed by atoms with Crippen LogP contribution >= 0.6 is 22.9 Å². The third-order valence-corrected chi connectivity index (χ3v) is 8.25. The molecule has 1 aromatic carbocycles. The Morgan fingerprint density at radius 2 is 1.84 bits per heavy atom. The van der Waals surface area contributed by atoms with Crippen LogP contribution in [-0.4, -0.2) is 54.3 Å². The van der Waals surface area contributed by atoms with E-state index < -0.39 is 26.7 Å². The van der Waals surface area contributed by atoms with Crippen LogP contribution in [-0.2, 0) is 27.5 Å². The number of carbonyl (C=O) groups excluding carboxylic acids is 1. The molecular formula is C18H19ClF3N3O4S2. The van der Waals surface area contributed by atoms with E-state index in [0.29, 0.717) is 6.07 Å². The summed E-state index contributed by atoms with van der Waals surface area (Å²) in [6.07, 6.45) is -4.62. The lowest BCUT2D eigenvalue weighted by Gasteiger charge is -2.34. The number of aryl methyl sites for hydroxylation is 1. The van der Waals surface area contributed by atoms with Crippen molar-refractivity contribution in [1.29, 1.82) is 0 Å². The molecule has 1 fully saturated rings. The smallest absolute Gasteiger partial charge is 0.340 e. The predicted molar refractivity (Wildman–Crippen MR) is 110 cm³/mol. The number of rotatable bonds is 5. The number of amides is 1. The molecule has 0 unspecified atom stereocenters. The minimum Gasteiger partial charge on any atom is -0.340 e. The van der Waals surface area contributed by atoms with E-state index in [1.807, 2.05) is 0 Å². The summed E-state index contributed by atoms with van der Waals surface area (Å²) in [6.45, 7) is 2.03. The van der Waals surface area contributed by atoms with Gasteiger partial charge in [-0.2, -0.15) is 17.5 Å². The van der Waals surface area contributed by atoms with Crippen LogP contribution in [0.5, 0.6) is 0 Å². The summed E-state index contributed by atoms with van der Waals surface area (Å²) in [5.74, 6) is -0.230. The second kappa shape index (κ2) is 8.93. The number of nitrogens with zero attached hydrogens (tertiary/aromatic N) is 3. The molecule has 170 valence electrons. The molecule has 2 heterocycles. The highest BCUT2D eigenvalue weighted by Crippen LogP contribution is 2.34. The summed E-state index contributed by atoms with van der Waals surface area (Å²) in [6, 6.07) is 2.15. The fourth-order valence-corrected chi connectivity index (χ4v) is 5.92. The number of carbonyl (C=O) groups is 1. The van der Waals surface area contributed by atoms with E-state index >= 15 is 0 Å². The lowest BCUT2D eigenvalue weighted by Crippen LogP contribution is -2.50. The number of hydrogen-bond donors (Lipinski definition) is 0. The Balaban J connectivity index is 1.66. The fraction of sp³-hybridized carbons (Fsp3) is 0.444. The molecule has 31 heavy (non-hydrogen) atoms. The van der Waals surface area contributed by atoms with Gasteiger partial charge in [-0.3, -0.25) is 9.59 Å². The number of alkyl halides is 3. The summed E-state index contributed by atoms with van der Waals surface area (Å²) < 4.78 is 67.2. The highest BCUT2D eigenvalue weighted by Gasteiger charge is 2.35. The fourth-order valence-electron chi connectivity index (χ4n) is 3.23. The lowest BCUT2D eigenvalue weighted by molar-refractivity contribution is -0.137. The van der Waals surface area contributed by atoms with Crippen LogP contribution in [0.15, 0.2) is 33.3 Å². The molecule has 0 radical (unpaired) electrons. The summed E-state index contributed by atoms with van der Waals surface area (Å²) >= 11 is 6.93. The predicted octanol–water partition coefficient (Wildman–Crippen LogP) is 2.81. The molecule has 0 N–H and O–H groups in total. The third kappa shape index (κ3) is 5.13. The zero-order valence-corrected chi connectivity index (χ0v) is 18.7. The van der Waals surface area contributed by atoms with Crippen molar-refractivity contribution < 1.29 is 26.4 Å². The van der Waals surface area contributed by atoms with Gasteiger partial charge in [-0.1, -0.05) is 22.9 Å². The van der Waals surface area contributed by atoms with Gasteiger partial charge in [0.25, 0.3) is 0 Å². The van der Waals surface area contributed by atoms with E-state index in [-0.39, 0.29) is 54.9 Å². The van der Waals surface area contributed by atoms with E-state index in [1.165, 1.54) is 9.47 Å². The maximum absolute atomic E-state index is 13.0. The molecule has 2 aromatic rings. The van der Waals surface area contributed by atoms with Crippen molar-refractivity contribution in [2.45, 2.75) is 31.0 Å². The molecule has 1 aliphatic heterocycles. The SMILES string of the molecule is Cc1csc(=O)n1CCC(=O)N1CCN(S(=O)(=O)c2cc(C(F)(F)F)ccc2Cl)CC1. The maximum atomic E-state index is 13.0. The van der Waals surface area contributed by atoms with Crippen LogP contribution in [0, 0.1) is 6.92 Å². The van der Waals surface area contributed by atoms with Crippen molar-refractivity contribution in [3.05, 3.63) is 49.5 Å². The van der Waals surface area contributed by atoms with Crippen LogP contribution in [0.3, 0.4) is 0 Å². The summed E-state index contributed by atoms with van der Waals surface area (Å²) in [5.41, 5.74) is -0.347. The Labute approximate surface area is 185 Å². The number of piperazine rings is 1. The second-order valence-corrected chi connectivity index (χ2v) is 10.1. The van der Waals surface area contributed by atoms with E-state index in [2.05, 4.69) is 0 Å². The first-order valence-electron chi connectivity index (χ1n) is 9.21. The standard InChI is InChI=1S/C18H19ClF3N3O4S2/c1-12-11-30-17(27)25(12)5-4-16(26)23-6-8-24(9-7-23)31(28,29)15-10-13(18(20,21)22)2-3-14(15)19/h2-3,10-11H,4-9H2,1H3. The molecule has 0 bridgehead atoms. The minimum absolute atomic E-state index is 0.0714. The number of halogens is 4. The van der Waals surface area contributed by atoms with Crippen LogP contribution in [0.1, 0.15) is 17.7 Å². The van der Waals surface area contributed by atoms with Crippen LogP contribution < -0.4 is 4.87 Å². The Hall–Kier alpha value is -1.89. The first-order valence-corrected chi connectivity index (χ1v) is 11.9. The van der Waals surface area contributed by atoms with Gasteiger partial charge in [0.2, 0.25) is 15.9 Å². The van der Waals surface area contributed by atoms with E-state index in [0.717, 1.165) is 33.5 Å². The largest absolute Gasteiger partial charge is 0.416 e. The van der Waals surface area contributed by atoms with E-state index in [9.17, 15) is 31.2 Å². The van der Waals surface area contributed by atoms with Crippen molar-refractivity contribution in [3.8, 4) is 0 Å². The van der Waals surface area contributed by atoms with Gasteiger partial charge in [-0.05, 0) is 25.1 Å². The Morgan fingerprint density at radius 3 is 2.39 bits per heavy atom. The van der Waals surface area contributed by atoms with Crippen molar-refractivity contribution in [2.24, 2.45) is 0 Å². The van der Waals surface area contributed by atoms with Gasteiger partial charge in [0, 0.05) is 50.2 Å². The van der Waals surface area contributed by atoms with Crippen LogP contribution in [0.2, 0.25) is 5.02 Å². The molecule has 0 aliphatic carbocycles. The normalized spacial score (nSPS) is 16.0. The quantitative estimate of drug-likeness (QED) is 0.636. The molecule has 1 aliphatic rings. The third-order valence-electron chi connectivity index (χ3n) is 4.99. The number of hydrogen-bond acceptors (Lipinski definition) is 5. The van der Waals surface area contributed by atoms with Crippen molar-refractivity contribution in [2.75, 3.05) is 26.2 Å². The van der Waals surface area contributed by atoms with Gasteiger partial charge < -0.3 is 9.47 Å². The molecule has 0 spiro atoms. The van der Waals surface area contributed by atoms with Crippen LogP contribution in [0.25, 0.3) is 0 Å². The molecule has 13 heteroatoms. The Kier molecular flexibility index (Phi) is 6.84. The number of sulfonamides is 1. The summed E-state index contributed by atoms with van der Waals surface area (Å²) in [7, 11) is -4.26. The van der Waals surface area contributed by atoms with Crippen molar-refractivity contribution >= 4 is 38.9 Å². The zero-order valence-electron chi connectivity index (χ0n) is 16.4. The molecule has 1 saturated heterocycles. The molecule has 3 rings (SSSR count). The van der Waals surface area contributed by atoms with Gasteiger partial charge in [-0.15, -0.1) is 0 Å². The first kappa shape index (κ1) is 23.8. The molecule has 0 atom stereocenters. The van der Waals surface area contributed by atoms with Gasteiger partial charge >= 0.3 is 11.0 Å². The van der Waals surface area contributed by atoms with Crippen LogP contribution in [0.4, 0.5) is 13.2 Å². The number of benzene rings is 1. The Bertz CT molecular complexity index is 1140. The second-order valence-electron chi connectivity index (χ2n) is 6.97. The average molecular weight is 498 g/mol. The monoisotopic (exact) mass is 497 g/mol. The van der Waals surface area contributed by atoms with Gasteiger partial charge in [0.15, 0.2) is 0 Å². The van der Waals surface area contributed by atoms with Gasteiger partial charge in [0.05, 0.1) is 10.6 Å². The van der Waals surface area contributed by atoms with Crippen molar-refractivity contribution in [1.82, 2.24) is 13.8 Å². The summed E-state index contributed by atoms with van der Waals surface area (Å²) in [5, 5.41) is 1.40. The summed E-state index contributed by atoms with van der Waals surface area (Å²) in [4.78, 5) is 24.9. The molecular weight excluding hydrogens is 479 g/mol. The molecule has 0 saturated carbocycles. The molecule has 7 nitrogen and oxygen atoms in total. The number of aromatic nitrogens is 1. The van der Waals surface area contributed by atoms with Crippen molar-refractivity contribution in [3.63, 3.8) is 0 Å². The molecule has 1 amide bonds. The van der Waals surface area contributed by atoms with Gasteiger partial charge in [-0.25, -0.2) is 8.42 Å².